The largest absolute Gasteiger partial charge is 0.469 e. The molecule has 28 heavy (non-hydrogen) atoms. The Hall–Kier alpha value is -2.27. The summed E-state index contributed by atoms with van der Waals surface area (Å²) in [6.45, 7) is 5.35. The van der Waals surface area contributed by atoms with Crippen LogP contribution in [-0.4, -0.2) is 55.0 Å². The highest BCUT2D eigenvalue weighted by atomic mass is 16.3. The molecule has 0 spiro atoms. The van der Waals surface area contributed by atoms with Crippen LogP contribution in [0.5, 0.6) is 0 Å². The van der Waals surface area contributed by atoms with Gasteiger partial charge in [-0.15, -0.1) is 0 Å². The second kappa shape index (κ2) is 9.28. The molecule has 5 nitrogen and oxygen atoms in total. The molecule has 2 atom stereocenters. The van der Waals surface area contributed by atoms with Crippen molar-refractivity contribution in [1.82, 2.24) is 15.1 Å². The van der Waals surface area contributed by atoms with Gasteiger partial charge in [0.2, 0.25) is 0 Å². The van der Waals surface area contributed by atoms with Crippen LogP contribution in [0, 0.1) is 5.92 Å². The van der Waals surface area contributed by atoms with Gasteiger partial charge >= 0.3 is 0 Å². The average Bonchev–Trinajstić information content (AvgIpc) is 3.25. The van der Waals surface area contributed by atoms with Crippen molar-refractivity contribution >= 4 is 5.96 Å². The third kappa shape index (κ3) is 4.58. The summed E-state index contributed by atoms with van der Waals surface area (Å²) < 4.78 is 5.43. The van der Waals surface area contributed by atoms with Gasteiger partial charge in [-0.25, -0.2) is 0 Å². The molecule has 2 aromatic rings. The van der Waals surface area contributed by atoms with Gasteiger partial charge in [-0.1, -0.05) is 30.3 Å². The molecule has 1 N–H and O–H groups in total. The standard InChI is InChI=1S/C23H32N4O/c1-24-23(25-13-11-21-10-6-16-28-21)27-15-12-22-20(18-27)9-5-14-26(22)17-19-7-3-2-4-8-19/h2-4,6-8,10,16,20,22H,5,9,11-15,17-18H2,1H3,(H,24,25). The molecule has 2 saturated heterocycles. The summed E-state index contributed by atoms with van der Waals surface area (Å²) in [6.07, 6.45) is 6.47. The van der Waals surface area contributed by atoms with Gasteiger partial charge in [0.1, 0.15) is 5.76 Å². The van der Waals surface area contributed by atoms with Crippen LogP contribution in [0.25, 0.3) is 0 Å². The van der Waals surface area contributed by atoms with Gasteiger partial charge in [-0.2, -0.15) is 0 Å². The maximum atomic E-state index is 5.43. The van der Waals surface area contributed by atoms with Crippen molar-refractivity contribution in [3.05, 3.63) is 60.1 Å². The zero-order valence-electron chi connectivity index (χ0n) is 16.9. The van der Waals surface area contributed by atoms with E-state index in [2.05, 4.69) is 50.4 Å². The second-order valence-corrected chi connectivity index (χ2v) is 7.96. The molecule has 0 bridgehead atoms. The number of rotatable bonds is 5. The van der Waals surface area contributed by atoms with Crippen LogP contribution < -0.4 is 5.32 Å². The fraction of sp³-hybridized carbons (Fsp3) is 0.522. The smallest absolute Gasteiger partial charge is 0.193 e. The molecule has 0 saturated carbocycles. The molecular weight excluding hydrogens is 348 g/mol. The monoisotopic (exact) mass is 380 g/mol. The molecule has 1 aromatic carbocycles. The summed E-state index contributed by atoms with van der Waals surface area (Å²) in [5.74, 6) is 2.78. The topological polar surface area (TPSA) is 44.0 Å². The van der Waals surface area contributed by atoms with Crippen molar-refractivity contribution in [2.75, 3.05) is 33.2 Å². The predicted octanol–water partition coefficient (Wildman–Crippen LogP) is 3.38. The minimum atomic E-state index is 0.700. The van der Waals surface area contributed by atoms with E-state index in [-0.39, 0.29) is 0 Å². The predicted molar refractivity (Wildman–Crippen MR) is 113 cm³/mol. The SMILES string of the molecule is CN=C(NCCc1ccco1)N1CCC2C(CCCN2Cc2ccccc2)C1. The van der Waals surface area contributed by atoms with Crippen LogP contribution in [0.1, 0.15) is 30.6 Å². The van der Waals surface area contributed by atoms with E-state index in [9.17, 15) is 0 Å². The average molecular weight is 381 g/mol. The lowest BCUT2D eigenvalue weighted by Crippen LogP contribution is -2.56. The number of hydrogen-bond acceptors (Lipinski definition) is 3. The van der Waals surface area contributed by atoms with Crippen LogP contribution in [-0.2, 0) is 13.0 Å². The molecule has 0 aliphatic carbocycles. The van der Waals surface area contributed by atoms with Crippen molar-refractivity contribution in [3.63, 3.8) is 0 Å². The molecule has 4 rings (SSSR count). The Kier molecular flexibility index (Phi) is 6.32. The van der Waals surface area contributed by atoms with Crippen molar-refractivity contribution in [1.29, 1.82) is 0 Å². The van der Waals surface area contributed by atoms with Crippen molar-refractivity contribution in [2.24, 2.45) is 10.9 Å². The summed E-state index contributed by atoms with van der Waals surface area (Å²) in [5, 5.41) is 3.53. The van der Waals surface area contributed by atoms with E-state index in [1.165, 1.54) is 31.4 Å². The van der Waals surface area contributed by atoms with E-state index in [1.807, 2.05) is 19.2 Å². The lowest BCUT2D eigenvalue weighted by atomic mass is 9.83. The lowest BCUT2D eigenvalue weighted by molar-refractivity contribution is 0.0372. The van der Waals surface area contributed by atoms with Gasteiger partial charge in [0.05, 0.1) is 6.26 Å². The van der Waals surface area contributed by atoms with E-state index >= 15 is 0 Å². The van der Waals surface area contributed by atoms with Gasteiger partial charge in [-0.3, -0.25) is 9.89 Å². The Bertz CT molecular complexity index is 743. The molecule has 2 fully saturated rings. The molecular formula is C23H32N4O. The Labute approximate surface area is 168 Å². The number of aliphatic imine (C=N–C) groups is 1. The van der Waals surface area contributed by atoms with Gasteiger partial charge in [0, 0.05) is 45.7 Å². The highest BCUT2D eigenvalue weighted by molar-refractivity contribution is 5.80. The molecule has 150 valence electrons. The first-order valence-electron chi connectivity index (χ1n) is 10.6. The van der Waals surface area contributed by atoms with E-state index < -0.39 is 0 Å². The minimum absolute atomic E-state index is 0.700. The van der Waals surface area contributed by atoms with Crippen molar-refractivity contribution < 1.29 is 4.42 Å². The van der Waals surface area contributed by atoms with Gasteiger partial charge in [-0.05, 0) is 49.4 Å². The summed E-state index contributed by atoms with van der Waals surface area (Å²) in [6, 6.07) is 15.6. The molecule has 2 aliphatic heterocycles. The number of nitrogens with one attached hydrogen (secondary N) is 1. The lowest BCUT2D eigenvalue weighted by Gasteiger charge is -2.48. The zero-order valence-corrected chi connectivity index (χ0v) is 16.9. The number of nitrogens with zero attached hydrogens (tertiary/aromatic N) is 3. The number of piperidine rings is 2. The highest BCUT2D eigenvalue weighted by Gasteiger charge is 2.36. The van der Waals surface area contributed by atoms with Crippen molar-refractivity contribution in [3.8, 4) is 0 Å². The molecule has 0 radical (unpaired) electrons. The third-order valence-corrected chi connectivity index (χ3v) is 6.16. The van der Waals surface area contributed by atoms with E-state index in [0.29, 0.717) is 6.04 Å². The first kappa shape index (κ1) is 19.1. The third-order valence-electron chi connectivity index (χ3n) is 6.16. The Morgan fingerprint density at radius 1 is 1.14 bits per heavy atom. The fourth-order valence-electron chi connectivity index (χ4n) is 4.80. The molecule has 2 aliphatic rings. The van der Waals surface area contributed by atoms with Gasteiger partial charge < -0.3 is 14.6 Å². The normalized spacial score (nSPS) is 23.5. The minimum Gasteiger partial charge on any atom is -0.469 e. The Balaban J connectivity index is 1.32. The first-order chi connectivity index (χ1) is 13.8. The van der Waals surface area contributed by atoms with E-state index in [0.717, 1.165) is 50.2 Å². The molecule has 5 heteroatoms. The number of hydrogen-bond donors (Lipinski definition) is 1. The maximum absolute atomic E-state index is 5.43. The maximum Gasteiger partial charge on any atom is 0.193 e. The zero-order chi connectivity index (χ0) is 19.2. The van der Waals surface area contributed by atoms with Crippen LogP contribution in [0.2, 0.25) is 0 Å². The fourth-order valence-corrected chi connectivity index (χ4v) is 4.80. The quantitative estimate of drug-likeness (QED) is 0.638. The number of guanidine groups is 1. The molecule has 2 unspecified atom stereocenters. The van der Waals surface area contributed by atoms with Crippen LogP contribution in [0.4, 0.5) is 0 Å². The second-order valence-electron chi connectivity index (χ2n) is 7.96. The van der Waals surface area contributed by atoms with Gasteiger partial charge in [0.15, 0.2) is 5.96 Å². The Morgan fingerprint density at radius 2 is 2.04 bits per heavy atom. The number of benzene rings is 1. The summed E-state index contributed by atoms with van der Waals surface area (Å²) in [7, 11) is 1.89. The highest BCUT2D eigenvalue weighted by Crippen LogP contribution is 2.31. The van der Waals surface area contributed by atoms with Crippen LogP contribution in [0.3, 0.4) is 0 Å². The number of fused-ring (bicyclic) bond motifs is 1. The molecule has 0 amide bonds. The summed E-state index contributed by atoms with van der Waals surface area (Å²) >= 11 is 0. The molecule has 3 heterocycles. The van der Waals surface area contributed by atoms with Crippen LogP contribution in [0.15, 0.2) is 58.1 Å². The first-order valence-corrected chi connectivity index (χ1v) is 10.6. The summed E-state index contributed by atoms with van der Waals surface area (Å²) in [5.41, 5.74) is 1.43. The summed E-state index contributed by atoms with van der Waals surface area (Å²) in [4.78, 5) is 9.71. The van der Waals surface area contributed by atoms with Crippen LogP contribution >= 0.6 is 0 Å². The Morgan fingerprint density at radius 3 is 2.82 bits per heavy atom. The van der Waals surface area contributed by atoms with Crippen molar-refractivity contribution in [2.45, 2.75) is 38.3 Å². The molecule has 1 aromatic heterocycles. The van der Waals surface area contributed by atoms with Gasteiger partial charge in [0.25, 0.3) is 0 Å². The van der Waals surface area contributed by atoms with E-state index in [1.54, 1.807) is 6.26 Å². The number of furan rings is 1. The van der Waals surface area contributed by atoms with E-state index in [4.69, 9.17) is 4.42 Å². The number of likely N-dealkylation sites (tertiary alicyclic amines) is 2.